The first kappa shape index (κ1) is 25.5. The first-order valence-electron chi connectivity index (χ1n) is 11.0. The normalized spacial score (nSPS) is 22.3. The number of aromatic nitrogens is 3. The first-order chi connectivity index (χ1) is 17.1. The Morgan fingerprint density at radius 2 is 1.92 bits per heavy atom. The summed E-state index contributed by atoms with van der Waals surface area (Å²) in [5, 5.41) is 2.19. The van der Waals surface area contributed by atoms with Gasteiger partial charge in [-0.15, -0.1) is 0 Å². The van der Waals surface area contributed by atoms with E-state index in [1.54, 1.807) is 25.3 Å². The summed E-state index contributed by atoms with van der Waals surface area (Å²) in [6, 6.07) is 1.42. The average Bonchev–Trinajstić information content (AvgIpc) is 3.26. The van der Waals surface area contributed by atoms with Gasteiger partial charge in [-0.1, -0.05) is 0 Å². The molecule has 0 N–H and O–H groups in total. The molecule has 0 aromatic carbocycles. The number of sulfonamides is 1. The van der Waals surface area contributed by atoms with Gasteiger partial charge in [-0.25, -0.2) is 30.3 Å². The van der Waals surface area contributed by atoms with Gasteiger partial charge in [-0.3, -0.25) is 14.5 Å². The van der Waals surface area contributed by atoms with Crippen LogP contribution in [0, 0.1) is 0 Å². The Kier molecular flexibility index (Phi) is 6.98. The van der Waals surface area contributed by atoms with Crippen molar-refractivity contribution in [3.63, 3.8) is 0 Å². The number of amides is 1. The van der Waals surface area contributed by atoms with Gasteiger partial charge in [0, 0.05) is 37.6 Å². The minimum atomic E-state index is -4.94. The quantitative estimate of drug-likeness (QED) is 0.519. The summed E-state index contributed by atoms with van der Waals surface area (Å²) in [7, 11) is -4.94. The summed E-state index contributed by atoms with van der Waals surface area (Å²) in [4.78, 5) is 16.4. The number of halogens is 4. The van der Waals surface area contributed by atoms with Gasteiger partial charge in [-0.2, -0.15) is 5.10 Å². The molecule has 0 aliphatic heterocycles. The summed E-state index contributed by atoms with van der Waals surface area (Å²) in [6.07, 6.45) is 4.78. The maximum atomic E-state index is 16.0. The Labute approximate surface area is 205 Å². The molecular formula is C24H22F4N4O3S. The molecule has 2 heterocycles. The topological polar surface area (TPSA) is 85.2 Å². The Morgan fingerprint density at radius 3 is 2.56 bits per heavy atom. The van der Waals surface area contributed by atoms with Gasteiger partial charge in [0.05, 0.1) is 5.57 Å². The van der Waals surface area contributed by atoms with Gasteiger partial charge in [0.25, 0.3) is 0 Å². The van der Waals surface area contributed by atoms with Gasteiger partial charge in [0.1, 0.15) is 40.6 Å². The van der Waals surface area contributed by atoms with Crippen LogP contribution in [0.3, 0.4) is 0 Å². The van der Waals surface area contributed by atoms with E-state index in [9.17, 15) is 22.0 Å². The number of aryl methyl sites for hydroxylation is 1. The van der Waals surface area contributed by atoms with Gasteiger partial charge < -0.3 is 0 Å². The number of carbonyl (C=O) groups excluding carboxylic acids is 1. The summed E-state index contributed by atoms with van der Waals surface area (Å²) in [5.74, 6) is -4.40. The van der Waals surface area contributed by atoms with E-state index in [1.165, 1.54) is 17.1 Å². The van der Waals surface area contributed by atoms with Crippen LogP contribution in [0.25, 0.3) is 16.7 Å². The lowest BCUT2D eigenvalue weighted by atomic mass is 9.94. The number of carbonyl (C=O) groups is 1. The number of rotatable bonds is 6. The molecule has 0 bridgehead atoms. The molecular weight excluding hydrogens is 500 g/mol. The van der Waals surface area contributed by atoms with Crippen molar-refractivity contribution >= 4 is 21.5 Å². The molecule has 3 unspecified atom stereocenters. The molecule has 36 heavy (non-hydrogen) atoms. The summed E-state index contributed by atoms with van der Waals surface area (Å²) in [5.41, 5.74) is 0.196. The number of allylic oxidation sites excluding steroid dienone is 5. The lowest BCUT2D eigenvalue weighted by Crippen LogP contribution is -2.50. The zero-order chi connectivity index (χ0) is 26.2. The van der Waals surface area contributed by atoms with Crippen LogP contribution >= 0.6 is 0 Å². The van der Waals surface area contributed by atoms with Crippen LogP contribution in [0.2, 0.25) is 0 Å². The molecule has 2 aliphatic rings. The third-order valence-corrected chi connectivity index (χ3v) is 8.04. The van der Waals surface area contributed by atoms with Crippen molar-refractivity contribution in [1.82, 2.24) is 19.1 Å². The Balaban J connectivity index is 1.86. The molecule has 0 saturated heterocycles. The predicted octanol–water partition coefficient (Wildman–Crippen LogP) is 4.58. The smallest absolute Gasteiger partial charge is 0.247 e. The van der Waals surface area contributed by atoms with E-state index in [4.69, 9.17) is 0 Å². The number of pyridine rings is 1. The van der Waals surface area contributed by atoms with E-state index in [2.05, 4.69) is 10.1 Å². The molecule has 0 radical (unpaired) electrons. The summed E-state index contributed by atoms with van der Waals surface area (Å²) >= 11 is 0. The van der Waals surface area contributed by atoms with Crippen LogP contribution in [0.5, 0.6) is 0 Å². The van der Waals surface area contributed by atoms with E-state index >= 15 is 8.78 Å². The van der Waals surface area contributed by atoms with E-state index in [0.29, 0.717) is 29.8 Å². The molecule has 190 valence electrons. The average molecular weight is 523 g/mol. The van der Waals surface area contributed by atoms with Gasteiger partial charge >= 0.3 is 0 Å². The Morgan fingerprint density at radius 1 is 1.22 bits per heavy atom. The monoisotopic (exact) mass is 522 g/mol. The second kappa shape index (κ2) is 9.84. The zero-order valence-electron chi connectivity index (χ0n) is 19.3. The van der Waals surface area contributed by atoms with E-state index in [0.717, 1.165) is 19.1 Å². The summed E-state index contributed by atoms with van der Waals surface area (Å²) < 4.78 is 87.6. The molecule has 2 aliphatic carbocycles. The van der Waals surface area contributed by atoms with E-state index < -0.39 is 62.9 Å². The zero-order valence-corrected chi connectivity index (χ0v) is 20.1. The van der Waals surface area contributed by atoms with Crippen LogP contribution in [0.4, 0.5) is 17.6 Å². The van der Waals surface area contributed by atoms with Crippen LogP contribution in [0.15, 0.2) is 72.5 Å². The highest BCUT2D eigenvalue weighted by atomic mass is 32.2. The fourth-order valence-corrected chi connectivity index (χ4v) is 6.07. The van der Waals surface area contributed by atoms with Crippen LogP contribution in [-0.2, 0) is 21.4 Å². The third-order valence-electron chi connectivity index (χ3n) is 5.89. The van der Waals surface area contributed by atoms with Gasteiger partial charge in [0.2, 0.25) is 15.9 Å². The molecule has 0 spiro atoms. The third kappa shape index (κ3) is 4.52. The van der Waals surface area contributed by atoms with Gasteiger partial charge in [-0.05, 0) is 55.3 Å². The number of hydrogen-bond acceptors (Lipinski definition) is 5. The molecule has 3 atom stereocenters. The first-order valence-corrected chi connectivity index (χ1v) is 12.5. The summed E-state index contributed by atoms with van der Waals surface area (Å²) in [6.45, 7) is 3.01. The molecule has 7 nitrogen and oxygen atoms in total. The molecule has 0 fully saturated rings. The molecule has 0 saturated carbocycles. The van der Waals surface area contributed by atoms with E-state index in [-0.39, 0.29) is 10.00 Å². The standard InChI is InChI=1S/C24H22F4N4O3S/c1-3-31-13-17(15-8-10-29-11-9-15)24(30-31)22-19(27)6-7-20(23(22)28)32(14(2)33)36(34,35)21-12-16(25)4-5-18(21)26/h4-6,8-13,18,20-21H,3,7H2,1-2H3. The number of hydrogen-bond donors (Lipinski definition) is 0. The van der Waals surface area contributed by atoms with Crippen molar-refractivity contribution in [2.45, 2.75) is 44.3 Å². The fraction of sp³-hybridized carbons (Fsp3) is 0.292. The Bertz CT molecular complexity index is 1410. The highest BCUT2D eigenvalue weighted by molar-refractivity contribution is 7.90. The molecule has 2 aromatic heterocycles. The lowest BCUT2D eigenvalue weighted by molar-refractivity contribution is -0.125. The predicted molar refractivity (Wildman–Crippen MR) is 125 cm³/mol. The number of alkyl halides is 1. The fourth-order valence-electron chi connectivity index (χ4n) is 4.19. The van der Waals surface area contributed by atoms with Crippen LogP contribution in [-0.4, -0.2) is 50.9 Å². The second-order valence-corrected chi connectivity index (χ2v) is 10.2. The highest BCUT2D eigenvalue weighted by Crippen LogP contribution is 2.41. The lowest BCUT2D eigenvalue weighted by Gasteiger charge is -2.34. The van der Waals surface area contributed by atoms with Crippen molar-refractivity contribution in [2.24, 2.45) is 0 Å². The van der Waals surface area contributed by atoms with E-state index in [1.807, 2.05) is 0 Å². The van der Waals surface area contributed by atoms with Crippen LogP contribution in [0.1, 0.15) is 26.0 Å². The maximum Gasteiger partial charge on any atom is 0.247 e. The molecule has 12 heteroatoms. The van der Waals surface area contributed by atoms with Crippen molar-refractivity contribution in [3.8, 4) is 11.1 Å². The minimum absolute atomic E-state index is 0.102. The van der Waals surface area contributed by atoms with Crippen molar-refractivity contribution in [1.29, 1.82) is 0 Å². The van der Waals surface area contributed by atoms with Crippen molar-refractivity contribution in [3.05, 3.63) is 78.2 Å². The van der Waals surface area contributed by atoms with Crippen molar-refractivity contribution < 1.29 is 30.8 Å². The van der Waals surface area contributed by atoms with Crippen LogP contribution < -0.4 is 0 Å². The molecule has 1 amide bonds. The highest BCUT2D eigenvalue weighted by Gasteiger charge is 2.45. The van der Waals surface area contributed by atoms with Gasteiger partial charge in [0.15, 0.2) is 0 Å². The van der Waals surface area contributed by atoms with Crippen molar-refractivity contribution in [2.75, 3.05) is 0 Å². The Hall–Kier alpha value is -3.54. The second-order valence-electron chi connectivity index (χ2n) is 8.19. The number of nitrogens with zero attached hydrogens (tertiary/aromatic N) is 4. The maximum absolute atomic E-state index is 16.0. The SMILES string of the molecule is CCn1cc(-c2ccncc2)c(C2=C(F)C(N(C(C)=O)S(=O)(=O)C3C=C(F)C=CC3F)CC=C2F)n1. The molecule has 4 rings (SSSR count). The molecule has 2 aromatic rings. The largest absolute Gasteiger partial charge is 0.274 e. The minimum Gasteiger partial charge on any atom is -0.274 e.